The standard InChI is InChI=1S/C24H37OSi.2C4H11Si.Sc/c1-11-26(12-2,23-18(5)15-17(4)19(23)6)21-14-16(3)13-20(22(21)25-10)24(7,8)9;2*1-5(2,3)4;/h13-15H,11-12H2,1-10H3;2*1H2,2-4H3;/q3*-1;+3. The Morgan fingerprint density at radius 1 is 0.811 bits per heavy atom. The zero-order valence-electron chi connectivity index (χ0n) is 27.5. The van der Waals surface area contributed by atoms with Crippen molar-refractivity contribution in [1.82, 2.24) is 0 Å². The second kappa shape index (κ2) is 15.0. The van der Waals surface area contributed by atoms with E-state index < -0.39 is 24.2 Å². The summed E-state index contributed by atoms with van der Waals surface area (Å²) in [6.07, 6.45) is 0. The van der Waals surface area contributed by atoms with Crippen LogP contribution in [0.1, 0.15) is 62.4 Å². The maximum Gasteiger partial charge on any atom is 3.00 e. The minimum atomic E-state index is -1.90. The molecule has 5 heteroatoms. The van der Waals surface area contributed by atoms with E-state index in [1.807, 2.05) is 7.11 Å². The minimum Gasteiger partial charge on any atom is -0.497 e. The summed E-state index contributed by atoms with van der Waals surface area (Å²) < 4.78 is 6.11. The van der Waals surface area contributed by atoms with Crippen molar-refractivity contribution in [2.24, 2.45) is 0 Å². The summed E-state index contributed by atoms with van der Waals surface area (Å²) in [5.41, 5.74) is 7.16. The Bertz CT molecular complexity index is 942. The van der Waals surface area contributed by atoms with Crippen LogP contribution < -0.4 is 15.1 Å². The van der Waals surface area contributed by atoms with E-state index in [0.717, 1.165) is 5.75 Å². The summed E-state index contributed by atoms with van der Waals surface area (Å²) in [6, 6.07) is 9.54. The van der Waals surface area contributed by atoms with Crippen LogP contribution in [0.2, 0.25) is 51.4 Å². The molecule has 1 nitrogen and oxygen atoms in total. The molecule has 2 rings (SSSR count). The van der Waals surface area contributed by atoms with E-state index in [2.05, 4.69) is 133 Å². The maximum absolute atomic E-state index is 6.11. The van der Waals surface area contributed by atoms with Crippen LogP contribution in [0, 0.1) is 40.8 Å². The van der Waals surface area contributed by atoms with Crippen LogP contribution in [-0.2, 0) is 31.3 Å². The summed E-state index contributed by atoms with van der Waals surface area (Å²) in [5, 5.41) is 3.13. The first-order valence-corrected chi connectivity index (χ1v) is 23.5. The van der Waals surface area contributed by atoms with Gasteiger partial charge in [-0.05, 0) is 23.1 Å². The molecule has 0 amide bonds. The Balaban J connectivity index is 0. The maximum atomic E-state index is 6.11. The van der Waals surface area contributed by atoms with Crippen molar-refractivity contribution in [1.29, 1.82) is 0 Å². The molecular formula is C32H59OScSi3. The normalized spacial score (nSPS) is 12.1. The molecule has 0 aromatic heterocycles. The van der Waals surface area contributed by atoms with E-state index in [1.54, 1.807) is 5.19 Å². The van der Waals surface area contributed by atoms with E-state index in [9.17, 15) is 0 Å². The molecule has 0 spiro atoms. The second-order valence-electron chi connectivity index (χ2n) is 14.1. The summed E-state index contributed by atoms with van der Waals surface area (Å²) in [6.45, 7) is 41.9. The van der Waals surface area contributed by atoms with Gasteiger partial charge in [0.1, 0.15) is 5.75 Å². The number of rotatable bonds is 5. The molecule has 0 saturated heterocycles. The van der Waals surface area contributed by atoms with Crippen molar-refractivity contribution < 1.29 is 30.6 Å². The molecule has 0 atom stereocenters. The second-order valence-corrected chi connectivity index (χ2v) is 28.9. The van der Waals surface area contributed by atoms with Crippen LogP contribution in [0.3, 0.4) is 0 Å². The summed E-state index contributed by atoms with van der Waals surface area (Å²) in [5.74, 6) is 1.14. The minimum absolute atomic E-state index is 0. The predicted molar refractivity (Wildman–Crippen MR) is 176 cm³/mol. The van der Waals surface area contributed by atoms with Crippen LogP contribution in [0.25, 0.3) is 0 Å². The van der Waals surface area contributed by atoms with Gasteiger partial charge >= 0.3 is 25.8 Å². The van der Waals surface area contributed by atoms with Gasteiger partial charge in [-0.25, -0.2) is 6.07 Å². The molecule has 2 aromatic rings. The van der Waals surface area contributed by atoms with Gasteiger partial charge in [0.25, 0.3) is 0 Å². The predicted octanol–water partition coefficient (Wildman–Crippen LogP) is 8.94. The smallest absolute Gasteiger partial charge is 0.497 e. The molecule has 0 aliphatic heterocycles. The van der Waals surface area contributed by atoms with Crippen LogP contribution in [0.5, 0.6) is 5.75 Å². The van der Waals surface area contributed by atoms with Crippen molar-refractivity contribution in [3.05, 3.63) is 59.1 Å². The Hall–Kier alpha value is -0.109. The molecule has 208 valence electrons. The molecule has 0 radical (unpaired) electrons. The van der Waals surface area contributed by atoms with Crippen molar-refractivity contribution in [2.45, 2.75) is 119 Å². The van der Waals surface area contributed by atoms with Crippen LogP contribution in [0.4, 0.5) is 0 Å². The van der Waals surface area contributed by atoms with Crippen molar-refractivity contribution in [3.8, 4) is 5.75 Å². The molecule has 0 unspecified atom stereocenters. The van der Waals surface area contributed by atoms with Crippen molar-refractivity contribution in [3.63, 3.8) is 0 Å². The average molecular weight is 589 g/mol. The van der Waals surface area contributed by atoms with E-state index in [1.165, 1.54) is 45.1 Å². The number of aryl methyl sites for hydroxylation is 3. The molecule has 0 N–H and O–H groups in total. The fourth-order valence-electron chi connectivity index (χ4n) is 4.76. The van der Waals surface area contributed by atoms with Crippen LogP contribution in [-0.4, -0.2) is 31.3 Å². The van der Waals surface area contributed by atoms with Gasteiger partial charge in [0.05, 0.1) is 15.2 Å². The van der Waals surface area contributed by atoms with E-state index in [-0.39, 0.29) is 31.3 Å². The topological polar surface area (TPSA) is 9.23 Å². The fourth-order valence-corrected chi connectivity index (χ4v) is 9.91. The van der Waals surface area contributed by atoms with Crippen LogP contribution in [0.15, 0.2) is 18.2 Å². The average Bonchev–Trinajstić information content (AvgIpc) is 2.92. The monoisotopic (exact) mass is 588 g/mol. The third kappa shape index (κ3) is 12.3. The number of benzene rings is 1. The van der Waals surface area contributed by atoms with Gasteiger partial charge in [-0.15, -0.1) is 21.3 Å². The number of ether oxygens (including phenoxy) is 1. The van der Waals surface area contributed by atoms with E-state index in [4.69, 9.17) is 4.74 Å². The molecule has 0 aliphatic rings. The van der Waals surface area contributed by atoms with Crippen LogP contribution >= 0.6 is 0 Å². The van der Waals surface area contributed by atoms with Gasteiger partial charge in [-0.1, -0.05) is 124 Å². The van der Waals surface area contributed by atoms with Gasteiger partial charge < -0.3 is 17.8 Å². The van der Waals surface area contributed by atoms with Gasteiger partial charge in [0.2, 0.25) is 0 Å². The molecular weight excluding hydrogens is 530 g/mol. The Labute approximate surface area is 254 Å². The Kier molecular flexibility index (Phi) is 15.9. The molecule has 37 heavy (non-hydrogen) atoms. The molecule has 0 heterocycles. The SMILES string of the molecule is CC[Si](CC)(c1cc(C)cc(C(C)(C)C)c1OC)[c-]1c(C)cc(C)c1C.[CH2-][Si](C)(C)C.[CH2-][Si](C)(C)C.[Sc+3]. The van der Waals surface area contributed by atoms with Gasteiger partial charge in [0.15, 0.2) is 0 Å². The largest absolute Gasteiger partial charge is 3.00 e. The van der Waals surface area contributed by atoms with E-state index in [0.29, 0.717) is 0 Å². The summed E-state index contributed by atoms with van der Waals surface area (Å²) in [7, 11) is -1.77. The molecule has 0 saturated carbocycles. The first-order chi connectivity index (χ1) is 16.0. The molecule has 0 bridgehead atoms. The molecule has 0 fully saturated rings. The number of methoxy groups -OCH3 is 1. The molecule has 2 aromatic carbocycles. The van der Waals surface area contributed by atoms with Crippen molar-refractivity contribution >= 4 is 34.6 Å². The third-order valence-corrected chi connectivity index (χ3v) is 11.8. The zero-order chi connectivity index (χ0) is 28.9. The van der Waals surface area contributed by atoms with Gasteiger partial charge in [-0.3, -0.25) is 0 Å². The number of hydrogen-bond acceptors (Lipinski definition) is 1. The van der Waals surface area contributed by atoms with Gasteiger partial charge in [-0.2, -0.15) is 16.7 Å². The first kappa shape index (κ1) is 39.0. The van der Waals surface area contributed by atoms with E-state index >= 15 is 0 Å². The Morgan fingerprint density at radius 3 is 1.49 bits per heavy atom. The first-order valence-electron chi connectivity index (χ1n) is 13.7. The summed E-state index contributed by atoms with van der Waals surface area (Å²) in [4.78, 5) is 0. The third-order valence-electron chi connectivity index (χ3n) is 6.24. The number of hydrogen-bond donors (Lipinski definition) is 0. The zero-order valence-corrected chi connectivity index (χ0v) is 32.3. The van der Waals surface area contributed by atoms with Crippen molar-refractivity contribution in [2.75, 3.05) is 7.11 Å². The Morgan fingerprint density at radius 2 is 1.22 bits per heavy atom. The fraction of sp³-hybridized carbons (Fsp3) is 0.594. The van der Waals surface area contributed by atoms with Gasteiger partial charge in [0, 0.05) is 0 Å². The molecule has 0 aliphatic carbocycles. The quantitative estimate of drug-likeness (QED) is 0.250. The summed E-state index contributed by atoms with van der Waals surface area (Å²) >= 11 is 0.